The molecule has 2 aliphatic rings. The largest absolute Gasteiger partial charge is 0.362 e. The number of para-hydroxylation sites is 1. The Morgan fingerprint density at radius 3 is 2.79 bits per heavy atom. The van der Waals surface area contributed by atoms with Crippen LogP contribution in [0.4, 0.5) is 5.69 Å². The highest BCUT2D eigenvalue weighted by Gasteiger charge is 2.19. The topological polar surface area (TPSA) is 61.4 Å². The van der Waals surface area contributed by atoms with Crippen molar-refractivity contribution >= 4 is 17.5 Å². The summed E-state index contributed by atoms with van der Waals surface area (Å²) in [7, 11) is 0. The fourth-order valence-electron chi connectivity index (χ4n) is 3.42. The van der Waals surface area contributed by atoms with Crippen molar-refractivity contribution < 1.29 is 9.59 Å². The molecule has 0 fully saturated rings. The molecule has 1 aliphatic carbocycles. The summed E-state index contributed by atoms with van der Waals surface area (Å²) >= 11 is 0. The smallest absolute Gasteiger partial charge is 0.265 e. The molecule has 1 aromatic rings. The lowest BCUT2D eigenvalue weighted by Crippen LogP contribution is -2.47. The van der Waals surface area contributed by atoms with Crippen LogP contribution in [0.1, 0.15) is 44.1 Å². The lowest BCUT2D eigenvalue weighted by molar-refractivity contribution is -0.126. The molecule has 2 amide bonds. The van der Waals surface area contributed by atoms with Gasteiger partial charge >= 0.3 is 0 Å². The number of hydrazine groups is 1. The number of anilines is 1. The molecule has 3 rings (SSSR count). The van der Waals surface area contributed by atoms with Gasteiger partial charge in [0.1, 0.15) is 0 Å². The van der Waals surface area contributed by atoms with Gasteiger partial charge in [-0.2, -0.15) is 0 Å². The van der Waals surface area contributed by atoms with E-state index in [0.29, 0.717) is 0 Å². The number of nitrogens with zero attached hydrogens (tertiary/aromatic N) is 1. The van der Waals surface area contributed by atoms with Crippen molar-refractivity contribution in [2.75, 3.05) is 18.0 Å². The van der Waals surface area contributed by atoms with Crippen molar-refractivity contribution in [1.29, 1.82) is 0 Å². The van der Waals surface area contributed by atoms with Gasteiger partial charge in [-0.1, -0.05) is 30.7 Å². The molecule has 5 heteroatoms. The maximum Gasteiger partial charge on any atom is 0.265 e. The Morgan fingerprint density at radius 2 is 1.88 bits per heavy atom. The third-order valence-electron chi connectivity index (χ3n) is 4.69. The summed E-state index contributed by atoms with van der Waals surface area (Å²) in [6, 6.07) is 8.19. The predicted molar refractivity (Wildman–Crippen MR) is 94.4 cm³/mol. The van der Waals surface area contributed by atoms with Crippen molar-refractivity contribution in [3.05, 3.63) is 41.5 Å². The lowest BCUT2D eigenvalue weighted by atomic mass is 10.0. The maximum atomic E-state index is 12.2. The van der Waals surface area contributed by atoms with Gasteiger partial charge in [-0.05, 0) is 50.2 Å². The number of hydrogen-bond donors (Lipinski definition) is 2. The highest BCUT2D eigenvalue weighted by Crippen LogP contribution is 2.26. The SMILES string of the molecule is O=C(CN1CCCc2ccccc21)NNC(=O)C1=CCCCCC1. The fraction of sp³-hybridized carbons (Fsp3) is 0.474. The number of nitrogens with one attached hydrogen (secondary N) is 2. The minimum Gasteiger partial charge on any atom is -0.362 e. The second kappa shape index (κ2) is 7.99. The molecule has 0 saturated carbocycles. The van der Waals surface area contributed by atoms with Crippen LogP contribution in [0, 0.1) is 0 Å². The van der Waals surface area contributed by atoms with E-state index in [1.165, 1.54) is 5.56 Å². The van der Waals surface area contributed by atoms with Gasteiger partial charge in [0.15, 0.2) is 0 Å². The normalized spacial score (nSPS) is 17.3. The Bertz CT molecular complexity index is 639. The van der Waals surface area contributed by atoms with Crippen molar-refractivity contribution in [1.82, 2.24) is 10.9 Å². The Labute approximate surface area is 143 Å². The van der Waals surface area contributed by atoms with Crippen LogP contribution in [0.2, 0.25) is 0 Å². The first-order valence-electron chi connectivity index (χ1n) is 8.85. The summed E-state index contributed by atoms with van der Waals surface area (Å²) in [5.41, 5.74) is 8.31. The van der Waals surface area contributed by atoms with E-state index in [1.54, 1.807) is 0 Å². The van der Waals surface area contributed by atoms with E-state index in [9.17, 15) is 9.59 Å². The van der Waals surface area contributed by atoms with Gasteiger partial charge in [-0.25, -0.2) is 0 Å². The average molecular weight is 327 g/mol. The fourth-order valence-corrected chi connectivity index (χ4v) is 3.42. The highest BCUT2D eigenvalue weighted by molar-refractivity contribution is 5.95. The minimum absolute atomic E-state index is 0.177. The summed E-state index contributed by atoms with van der Waals surface area (Å²) in [5.74, 6) is -0.362. The first-order valence-corrected chi connectivity index (χ1v) is 8.85. The molecular formula is C19H25N3O2. The zero-order chi connectivity index (χ0) is 16.8. The molecule has 0 bridgehead atoms. The summed E-state index contributed by atoms with van der Waals surface area (Å²) in [5, 5.41) is 0. The van der Waals surface area contributed by atoms with Crippen LogP contribution in [0.3, 0.4) is 0 Å². The molecule has 1 aromatic carbocycles. The summed E-state index contributed by atoms with van der Waals surface area (Å²) in [6.45, 7) is 1.12. The van der Waals surface area contributed by atoms with Gasteiger partial charge in [0.05, 0.1) is 6.54 Å². The van der Waals surface area contributed by atoms with Crippen molar-refractivity contribution in [3.63, 3.8) is 0 Å². The van der Waals surface area contributed by atoms with Gasteiger partial charge in [0.25, 0.3) is 11.8 Å². The van der Waals surface area contributed by atoms with Crippen LogP contribution in [0.15, 0.2) is 35.9 Å². The molecular weight excluding hydrogens is 302 g/mol. The molecule has 1 aliphatic heterocycles. The standard InChI is InChI=1S/C19H25N3O2/c23-18(20-21-19(24)16-9-3-1-2-4-10-16)14-22-13-7-11-15-8-5-6-12-17(15)22/h5-6,8-9,12H,1-4,7,10-11,13-14H2,(H,20,23)(H,21,24). The van der Waals surface area contributed by atoms with Crippen LogP contribution in [0.5, 0.6) is 0 Å². The molecule has 2 N–H and O–H groups in total. The van der Waals surface area contributed by atoms with Crippen LogP contribution in [-0.2, 0) is 16.0 Å². The minimum atomic E-state index is -0.186. The number of amides is 2. The Balaban J connectivity index is 1.51. The zero-order valence-corrected chi connectivity index (χ0v) is 14.0. The summed E-state index contributed by atoms with van der Waals surface area (Å²) < 4.78 is 0. The first-order chi connectivity index (χ1) is 11.7. The van der Waals surface area contributed by atoms with Crippen LogP contribution >= 0.6 is 0 Å². The van der Waals surface area contributed by atoms with Gasteiger partial charge < -0.3 is 4.90 Å². The number of rotatable bonds is 3. The highest BCUT2D eigenvalue weighted by atomic mass is 16.2. The van der Waals surface area contributed by atoms with Gasteiger partial charge in [-0.15, -0.1) is 0 Å². The van der Waals surface area contributed by atoms with Crippen LogP contribution in [-0.4, -0.2) is 24.9 Å². The first kappa shape index (κ1) is 16.6. The average Bonchev–Trinajstić information content (AvgIpc) is 2.89. The molecule has 0 unspecified atom stereocenters. The van der Waals surface area contributed by atoms with E-state index in [4.69, 9.17) is 0 Å². The van der Waals surface area contributed by atoms with E-state index in [2.05, 4.69) is 27.9 Å². The molecule has 0 saturated heterocycles. The molecule has 0 aromatic heterocycles. The molecule has 0 atom stereocenters. The second-order valence-corrected chi connectivity index (χ2v) is 6.48. The number of carbonyl (C=O) groups excluding carboxylic acids is 2. The Kier molecular flexibility index (Phi) is 5.51. The van der Waals surface area contributed by atoms with E-state index in [1.807, 2.05) is 18.2 Å². The Hall–Kier alpha value is -2.30. The number of carbonyl (C=O) groups is 2. The third kappa shape index (κ3) is 4.16. The molecule has 5 nitrogen and oxygen atoms in total. The molecule has 128 valence electrons. The monoisotopic (exact) mass is 327 g/mol. The van der Waals surface area contributed by atoms with Crippen LogP contribution < -0.4 is 15.8 Å². The molecule has 0 radical (unpaired) electrons. The second-order valence-electron chi connectivity index (χ2n) is 6.48. The van der Waals surface area contributed by atoms with E-state index >= 15 is 0 Å². The molecule has 0 spiro atoms. The number of hydrogen-bond acceptors (Lipinski definition) is 3. The van der Waals surface area contributed by atoms with Crippen molar-refractivity contribution in [3.8, 4) is 0 Å². The number of aryl methyl sites for hydroxylation is 1. The third-order valence-corrected chi connectivity index (χ3v) is 4.69. The molecule has 1 heterocycles. The quantitative estimate of drug-likeness (QED) is 0.839. The zero-order valence-electron chi connectivity index (χ0n) is 14.0. The van der Waals surface area contributed by atoms with Gasteiger partial charge in [0, 0.05) is 17.8 Å². The summed E-state index contributed by atoms with van der Waals surface area (Å²) in [4.78, 5) is 26.4. The number of allylic oxidation sites excluding steroid dienone is 1. The van der Waals surface area contributed by atoms with Gasteiger partial charge in [0.2, 0.25) is 0 Å². The van der Waals surface area contributed by atoms with E-state index in [0.717, 1.165) is 62.8 Å². The van der Waals surface area contributed by atoms with Crippen LogP contribution in [0.25, 0.3) is 0 Å². The maximum absolute atomic E-state index is 12.2. The Morgan fingerprint density at radius 1 is 1.00 bits per heavy atom. The van der Waals surface area contributed by atoms with Crippen molar-refractivity contribution in [2.45, 2.75) is 44.9 Å². The number of fused-ring (bicyclic) bond motifs is 1. The van der Waals surface area contributed by atoms with E-state index in [-0.39, 0.29) is 18.4 Å². The van der Waals surface area contributed by atoms with Gasteiger partial charge in [-0.3, -0.25) is 20.4 Å². The predicted octanol–water partition coefficient (Wildman–Crippen LogP) is 2.48. The number of benzene rings is 1. The van der Waals surface area contributed by atoms with Crippen molar-refractivity contribution in [2.24, 2.45) is 0 Å². The summed E-state index contributed by atoms with van der Waals surface area (Å²) in [6.07, 6.45) is 9.17. The molecule has 24 heavy (non-hydrogen) atoms. The van der Waals surface area contributed by atoms with E-state index < -0.39 is 0 Å². The lowest BCUT2D eigenvalue weighted by Gasteiger charge is -2.30.